The molecule has 2 aliphatic rings. The zero-order chi connectivity index (χ0) is 11.4. The van der Waals surface area contributed by atoms with E-state index in [1.54, 1.807) is 0 Å². The van der Waals surface area contributed by atoms with Crippen LogP contribution in [-0.4, -0.2) is 35.9 Å². The highest BCUT2D eigenvalue weighted by atomic mass is 16.3. The van der Waals surface area contributed by atoms with Crippen LogP contribution in [0.2, 0.25) is 0 Å². The van der Waals surface area contributed by atoms with Gasteiger partial charge in [0, 0.05) is 18.1 Å². The van der Waals surface area contributed by atoms with Crippen LogP contribution in [0.5, 0.6) is 0 Å². The summed E-state index contributed by atoms with van der Waals surface area (Å²) in [7, 11) is 0. The fraction of sp³-hybridized carbons (Fsp3) is 1.00. The topological polar surface area (TPSA) is 44.3 Å². The Kier molecular flexibility index (Phi) is 4.62. The first-order chi connectivity index (χ1) is 7.75. The Morgan fingerprint density at radius 2 is 2.06 bits per heavy atom. The van der Waals surface area contributed by atoms with Crippen LogP contribution in [0.3, 0.4) is 0 Å². The van der Waals surface area contributed by atoms with Crippen LogP contribution in [0.4, 0.5) is 0 Å². The lowest BCUT2D eigenvalue weighted by molar-refractivity contribution is 0.0847. The minimum atomic E-state index is -0.118. The molecule has 0 radical (unpaired) electrons. The molecule has 1 heterocycles. The molecule has 4 atom stereocenters. The second kappa shape index (κ2) is 5.99. The van der Waals surface area contributed by atoms with Gasteiger partial charge in [-0.05, 0) is 45.6 Å². The summed E-state index contributed by atoms with van der Waals surface area (Å²) in [5.74, 6) is 0. The molecule has 1 aliphatic heterocycles. The van der Waals surface area contributed by atoms with E-state index in [9.17, 15) is 5.11 Å². The van der Waals surface area contributed by atoms with Gasteiger partial charge in [-0.2, -0.15) is 0 Å². The Hall–Kier alpha value is -0.120. The molecule has 16 heavy (non-hydrogen) atoms. The van der Waals surface area contributed by atoms with Crippen molar-refractivity contribution < 1.29 is 5.11 Å². The molecule has 3 N–H and O–H groups in total. The molecule has 3 nitrogen and oxygen atoms in total. The Labute approximate surface area is 99.0 Å². The predicted octanol–water partition coefficient (Wildman–Crippen LogP) is 1.41. The molecule has 0 aromatic carbocycles. The van der Waals surface area contributed by atoms with Crippen molar-refractivity contribution in [2.75, 3.05) is 6.54 Å². The lowest BCUT2D eigenvalue weighted by Gasteiger charge is -2.32. The van der Waals surface area contributed by atoms with Gasteiger partial charge in [0.15, 0.2) is 0 Å². The Balaban J connectivity index is 1.70. The Morgan fingerprint density at radius 1 is 1.25 bits per heavy atom. The first-order valence-corrected chi connectivity index (χ1v) is 6.93. The van der Waals surface area contributed by atoms with E-state index >= 15 is 0 Å². The van der Waals surface area contributed by atoms with Crippen LogP contribution in [0.25, 0.3) is 0 Å². The second-order valence-corrected chi connectivity index (χ2v) is 5.55. The lowest BCUT2D eigenvalue weighted by Crippen LogP contribution is -2.47. The molecule has 1 aliphatic carbocycles. The SMILES string of the molecule is CC(CC1CCCN1)NC1CCCCC1O. The number of rotatable bonds is 4. The average molecular weight is 226 g/mol. The van der Waals surface area contributed by atoms with Crippen LogP contribution < -0.4 is 10.6 Å². The normalized spacial score (nSPS) is 37.5. The summed E-state index contributed by atoms with van der Waals surface area (Å²) in [6.45, 7) is 3.44. The zero-order valence-electron chi connectivity index (χ0n) is 10.4. The summed E-state index contributed by atoms with van der Waals surface area (Å²) in [4.78, 5) is 0. The van der Waals surface area contributed by atoms with Crippen LogP contribution in [0, 0.1) is 0 Å². The fourth-order valence-corrected chi connectivity index (χ4v) is 3.12. The van der Waals surface area contributed by atoms with Crippen molar-refractivity contribution >= 4 is 0 Å². The summed E-state index contributed by atoms with van der Waals surface area (Å²) >= 11 is 0. The molecule has 4 unspecified atom stereocenters. The van der Waals surface area contributed by atoms with Gasteiger partial charge in [-0.1, -0.05) is 12.8 Å². The van der Waals surface area contributed by atoms with E-state index in [2.05, 4.69) is 17.6 Å². The molecule has 0 bridgehead atoms. The third-order valence-electron chi connectivity index (χ3n) is 4.03. The highest BCUT2D eigenvalue weighted by molar-refractivity contribution is 4.85. The molecule has 0 amide bonds. The first-order valence-electron chi connectivity index (χ1n) is 6.93. The van der Waals surface area contributed by atoms with Gasteiger partial charge < -0.3 is 15.7 Å². The Bertz CT molecular complexity index is 204. The third kappa shape index (κ3) is 3.44. The molecule has 0 aromatic heterocycles. The van der Waals surface area contributed by atoms with E-state index in [0.29, 0.717) is 18.1 Å². The van der Waals surface area contributed by atoms with E-state index in [0.717, 1.165) is 12.8 Å². The van der Waals surface area contributed by atoms with Gasteiger partial charge in [0.2, 0.25) is 0 Å². The van der Waals surface area contributed by atoms with Gasteiger partial charge >= 0.3 is 0 Å². The number of aliphatic hydroxyl groups excluding tert-OH is 1. The molecule has 0 spiro atoms. The van der Waals surface area contributed by atoms with Crippen molar-refractivity contribution in [1.29, 1.82) is 0 Å². The summed E-state index contributed by atoms with van der Waals surface area (Å²) < 4.78 is 0. The number of hydrogen-bond acceptors (Lipinski definition) is 3. The van der Waals surface area contributed by atoms with Crippen LogP contribution in [0.15, 0.2) is 0 Å². The van der Waals surface area contributed by atoms with Gasteiger partial charge in [-0.15, -0.1) is 0 Å². The quantitative estimate of drug-likeness (QED) is 0.679. The lowest BCUT2D eigenvalue weighted by atomic mass is 9.91. The molecule has 2 fully saturated rings. The van der Waals surface area contributed by atoms with Crippen molar-refractivity contribution in [2.24, 2.45) is 0 Å². The monoisotopic (exact) mass is 226 g/mol. The van der Waals surface area contributed by atoms with Crippen molar-refractivity contribution in [3.8, 4) is 0 Å². The largest absolute Gasteiger partial charge is 0.392 e. The summed E-state index contributed by atoms with van der Waals surface area (Å²) in [6, 6.07) is 1.56. The van der Waals surface area contributed by atoms with Crippen LogP contribution in [-0.2, 0) is 0 Å². The van der Waals surface area contributed by atoms with E-state index in [1.165, 1.54) is 38.6 Å². The number of nitrogens with one attached hydrogen (secondary N) is 2. The maximum atomic E-state index is 9.90. The molecular weight excluding hydrogens is 200 g/mol. The maximum Gasteiger partial charge on any atom is 0.0693 e. The van der Waals surface area contributed by atoms with Crippen LogP contribution >= 0.6 is 0 Å². The van der Waals surface area contributed by atoms with Gasteiger partial charge in [0.05, 0.1) is 6.10 Å². The summed E-state index contributed by atoms with van der Waals surface area (Å²) in [5.41, 5.74) is 0. The third-order valence-corrected chi connectivity index (χ3v) is 4.03. The highest BCUT2D eigenvalue weighted by Gasteiger charge is 2.25. The van der Waals surface area contributed by atoms with E-state index in [-0.39, 0.29) is 6.10 Å². The molecular formula is C13H26N2O. The van der Waals surface area contributed by atoms with Gasteiger partial charge in [-0.25, -0.2) is 0 Å². The fourth-order valence-electron chi connectivity index (χ4n) is 3.12. The van der Waals surface area contributed by atoms with E-state index in [1.807, 2.05) is 0 Å². The van der Waals surface area contributed by atoms with Crippen molar-refractivity contribution in [1.82, 2.24) is 10.6 Å². The second-order valence-electron chi connectivity index (χ2n) is 5.55. The van der Waals surface area contributed by atoms with Gasteiger partial charge in [-0.3, -0.25) is 0 Å². The highest BCUT2D eigenvalue weighted by Crippen LogP contribution is 2.20. The molecule has 2 rings (SSSR count). The number of hydrogen-bond donors (Lipinski definition) is 3. The summed E-state index contributed by atoms with van der Waals surface area (Å²) in [6.07, 6.45) is 8.30. The van der Waals surface area contributed by atoms with Gasteiger partial charge in [0.25, 0.3) is 0 Å². The molecule has 94 valence electrons. The molecule has 1 saturated heterocycles. The van der Waals surface area contributed by atoms with E-state index < -0.39 is 0 Å². The number of aliphatic hydroxyl groups is 1. The van der Waals surface area contributed by atoms with E-state index in [4.69, 9.17) is 0 Å². The smallest absolute Gasteiger partial charge is 0.0693 e. The van der Waals surface area contributed by atoms with Crippen molar-refractivity contribution in [2.45, 2.75) is 76.1 Å². The molecule has 3 heteroatoms. The first kappa shape index (κ1) is 12.3. The minimum Gasteiger partial charge on any atom is -0.392 e. The van der Waals surface area contributed by atoms with Crippen LogP contribution in [0.1, 0.15) is 51.9 Å². The van der Waals surface area contributed by atoms with Gasteiger partial charge in [0.1, 0.15) is 0 Å². The molecule has 1 saturated carbocycles. The summed E-state index contributed by atoms with van der Waals surface area (Å²) in [5, 5.41) is 17.0. The van der Waals surface area contributed by atoms with Crippen molar-refractivity contribution in [3.63, 3.8) is 0 Å². The zero-order valence-corrected chi connectivity index (χ0v) is 10.4. The predicted molar refractivity (Wildman–Crippen MR) is 66.5 cm³/mol. The Morgan fingerprint density at radius 3 is 2.75 bits per heavy atom. The van der Waals surface area contributed by atoms with Crippen molar-refractivity contribution in [3.05, 3.63) is 0 Å². The average Bonchev–Trinajstić information content (AvgIpc) is 2.74. The maximum absolute atomic E-state index is 9.90. The standard InChI is InChI=1S/C13H26N2O/c1-10(9-11-5-4-8-14-11)15-12-6-2-3-7-13(12)16/h10-16H,2-9H2,1H3. The molecule has 0 aromatic rings. The minimum absolute atomic E-state index is 0.118.